The van der Waals surface area contributed by atoms with E-state index in [1.54, 1.807) is 12.1 Å². The van der Waals surface area contributed by atoms with Crippen LogP contribution in [0.5, 0.6) is 0 Å². The molecule has 6 nitrogen and oxygen atoms in total. The summed E-state index contributed by atoms with van der Waals surface area (Å²) in [6.45, 7) is 1.41. The first-order chi connectivity index (χ1) is 16.2. The van der Waals surface area contributed by atoms with E-state index in [1.807, 2.05) is 29.2 Å². The number of rotatable bonds is 4. The van der Waals surface area contributed by atoms with Crippen LogP contribution in [0.15, 0.2) is 42.5 Å². The average molecular weight is 449 g/mol. The number of pyridine rings is 1. The van der Waals surface area contributed by atoms with Crippen LogP contribution in [0.4, 0.5) is 4.39 Å². The number of hydrogen-bond acceptors (Lipinski definition) is 4. The maximum absolute atomic E-state index is 14.1. The van der Waals surface area contributed by atoms with Gasteiger partial charge in [-0.05, 0) is 49.4 Å². The van der Waals surface area contributed by atoms with Crippen LogP contribution < -0.4 is 0 Å². The van der Waals surface area contributed by atoms with E-state index in [9.17, 15) is 9.18 Å². The Morgan fingerprint density at radius 3 is 2.82 bits per heavy atom. The van der Waals surface area contributed by atoms with Gasteiger partial charge in [0.2, 0.25) is 0 Å². The Balaban J connectivity index is 1.31. The van der Waals surface area contributed by atoms with Crippen molar-refractivity contribution in [2.75, 3.05) is 19.7 Å². The molecule has 1 amide bonds. The van der Waals surface area contributed by atoms with Crippen LogP contribution in [-0.4, -0.2) is 45.7 Å². The number of ether oxygens (including phenoxy) is 1. The molecular formula is C26H29FN4O2. The minimum atomic E-state index is -0.316. The molecule has 1 atom stereocenters. The summed E-state index contributed by atoms with van der Waals surface area (Å²) >= 11 is 0. The van der Waals surface area contributed by atoms with Crippen molar-refractivity contribution >= 4 is 5.91 Å². The number of H-pyrrole nitrogens is 1. The molecular weight excluding hydrogens is 419 g/mol. The smallest absolute Gasteiger partial charge is 0.274 e. The number of hydrogen-bond donors (Lipinski definition) is 1. The molecule has 3 aromatic rings. The van der Waals surface area contributed by atoms with Crippen LogP contribution in [0.3, 0.4) is 0 Å². The van der Waals surface area contributed by atoms with Crippen molar-refractivity contribution in [1.82, 2.24) is 20.1 Å². The Morgan fingerprint density at radius 2 is 1.94 bits per heavy atom. The van der Waals surface area contributed by atoms with E-state index in [1.165, 1.54) is 18.9 Å². The van der Waals surface area contributed by atoms with Gasteiger partial charge in [0.1, 0.15) is 11.9 Å². The van der Waals surface area contributed by atoms with Crippen molar-refractivity contribution in [3.63, 3.8) is 0 Å². The molecule has 1 aliphatic heterocycles. The van der Waals surface area contributed by atoms with Gasteiger partial charge in [-0.1, -0.05) is 37.1 Å². The number of halogens is 1. The summed E-state index contributed by atoms with van der Waals surface area (Å²) in [5, 5.41) is 7.54. The van der Waals surface area contributed by atoms with Crippen LogP contribution in [0.2, 0.25) is 0 Å². The van der Waals surface area contributed by atoms with Crippen molar-refractivity contribution in [2.45, 2.75) is 51.0 Å². The number of benzene rings is 1. The van der Waals surface area contributed by atoms with Gasteiger partial charge in [-0.2, -0.15) is 5.10 Å². The number of aromatic amines is 1. The number of fused-ring (bicyclic) bond motifs is 1. The zero-order valence-corrected chi connectivity index (χ0v) is 18.7. The first-order valence-corrected chi connectivity index (χ1v) is 11.9. The predicted octanol–water partition coefficient (Wildman–Crippen LogP) is 4.41. The van der Waals surface area contributed by atoms with Crippen molar-refractivity contribution in [2.24, 2.45) is 0 Å². The molecule has 2 aliphatic rings. The Kier molecular flexibility index (Phi) is 6.48. The summed E-state index contributed by atoms with van der Waals surface area (Å²) in [5.41, 5.74) is 4.92. The standard InChI is InChI=1S/C26H29FN4O2/c27-21-11-6-5-8-18(21)16-19-9-7-13-23(28-19)24-17-31(14-15-33-24)26(32)25-20-10-3-1-2-4-12-22(20)29-30-25/h5-9,11,13,24H,1-4,10,12,14-17H2,(H,29,30)/t24-/m1/s1. The van der Waals surface area contributed by atoms with E-state index >= 15 is 0 Å². The van der Waals surface area contributed by atoms with Crippen molar-refractivity contribution in [1.29, 1.82) is 0 Å². The number of carbonyl (C=O) groups is 1. The summed E-state index contributed by atoms with van der Waals surface area (Å²) in [4.78, 5) is 19.9. The average Bonchev–Trinajstić information content (AvgIpc) is 3.21. The number of aryl methyl sites for hydroxylation is 1. The molecule has 2 aromatic heterocycles. The minimum absolute atomic E-state index is 0.0381. The maximum atomic E-state index is 14.1. The quantitative estimate of drug-likeness (QED) is 0.642. The van der Waals surface area contributed by atoms with E-state index in [0.29, 0.717) is 37.4 Å². The second-order valence-electron chi connectivity index (χ2n) is 8.88. The third-order valence-corrected chi connectivity index (χ3v) is 6.60. The van der Waals surface area contributed by atoms with E-state index in [0.717, 1.165) is 48.3 Å². The van der Waals surface area contributed by atoms with Gasteiger partial charge >= 0.3 is 0 Å². The van der Waals surface area contributed by atoms with E-state index in [2.05, 4.69) is 10.2 Å². The Labute approximate surface area is 193 Å². The molecule has 0 radical (unpaired) electrons. The number of aromatic nitrogens is 3. The van der Waals surface area contributed by atoms with Gasteiger partial charge in [-0.15, -0.1) is 0 Å². The molecule has 3 heterocycles. The molecule has 0 bridgehead atoms. The van der Waals surface area contributed by atoms with Gasteiger partial charge in [0.25, 0.3) is 5.91 Å². The van der Waals surface area contributed by atoms with Crippen LogP contribution in [-0.2, 0) is 24.0 Å². The zero-order valence-electron chi connectivity index (χ0n) is 18.7. The molecule has 5 rings (SSSR count). The highest BCUT2D eigenvalue weighted by atomic mass is 19.1. The minimum Gasteiger partial charge on any atom is -0.368 e. The molecule has 33 heavy (non-hydrogen) atoms. The van der Waals surface area contributed by atoms with E-state index in [-0.39, 0.29) is 17.8 Å². The van der Waals surface area contributed by atoms with Gasteiger partial charge < -0.3 is 9.64 Å². The van der Waals surface area contributed by atoms with Gasteiger partial charge in [-0.3, -0.25) is 14.9 Å². The molecule has 1 N–H and O–H groups in total. The fraction of sp³-hybridized carbons (Fsp3) is 0.423. The Bertz CT molecular complexity index is 1130. The summed E-state index contributed by atoms with van der Waals surface area (Å²) < 4.78 is 20.0. The molecule has 0 saturated carbocycles. The third kappa shape index (κ3) is 4.83. The number of morpholine rings is 1. The number of carbonyl (C=O) groups excluding carboxylic acids is 1. The first-order valence-electron chi connectivity index (χ1n) is 11.9. The van der Waals surface area contributed by atoms with Crippen molar-refractivity contribution < 1.29 is 13.9 Å². The summed E-state index contributed by atoms with van der Waals surface area (Å²) in [6.07, 6.45) is 6.62. The number of amides is 1. The van der Waals surface area contributed by atoms with Gasteiger partial charge in [0, 0.05) is 29.9 Å². The molecule has 1 aromatic carbocycles. The lowest BCUT2D eigenvalue weighted by atomic mass is 9.96. The van der Waals surface area contributed by atoms with Crippen molar-refractivity contribution in [3.8, 4) is 0 Å². The highest BCUT2D eigenvalue weighted by molar-refractivity contribution is 5.94. The molecule has 1 saturated heterocycles. The normalized spacial score (nSPS) is 18.9. The maximum Gasteiger partial charge on any atom is 0.274 e. The number of nitrogens with zero attached hydrogens (tertiary/aromatic N) is 3. The third-order valence-electron chi connectivity index (χ3n) is 6.60. The Hall–Kier alpha value is -3.06. The topological polar surface area (TPSA) is 71.1 Å². The van der Waals surface area contributed by atoms with Crippen LogP contribution in [0.25, 0.3) is 0 Å². The van der Waals surface area contributed by atoms with Crippen LogP contribution >= 0.6 is 0 Å². The molecule has 7 heteroatoms. The summed E-state index contributed by atoms with van der Waals surface area (Å²) in [6, 6.07) is 12.5. The second-order valence-corrected chi connectivity index (χ2v) is 8.88. The molecule has 0 unspecified atom stereocenters. The monoisotopic (exact) mass is 448 g/mol. The van der Waals surface area contributed by atoms with Gasteiger partial charge in [0.15, 0.2) is 5.69 Å². The predicted molar refractivity (Wildman–Crippen MR) is 123 cm³/mol. The highest BCUT2D eigenvalue weighted by Gasteiger charge is 2.30. The fourth-order valence-electron chi connectivity index (χ4n) is 4.79. The SMILES string of the molecule is O=C(c1n[nH]c2c1CCCCCC2)N1CCO[C@@H](c2cccc(Cc3ccccc3F)n2)C1. The Morgan fingerprint density at radius 1 is 1.09 bits per heavy atom. The summed E-state index contributed by atoms with van der Waals surface area (Å²) in [7, 11) is 0. The van der Waals surface area contributed by atoms with Crippen LogP contribution in [0, 0.1) is 5.82 Å². The number of nitrogens with one attached hydrogen (secondary N) is 1. The summed E-state index contributed by atoms with van der Waals surface area (Å²) in [5.74, 6) is -0.270. The lowest BCUT2D eigenvalue weighted by molar-refractivity contribution is -0.0250. The van der Waals surface area contributed by atoms with Gasteiger partial charge in [0.05, 0.1) is 18.8 Å². The highest BCUT2D eigenvalue weighted by Crippen LogP contribution is 2.26. The van der Waals surface area contributed by atoms with E-state index in [4.69, 9.17) is 9.72 Å². The zero-order chi connectivity index (χ0) is 22.6. The van der Waals surface area contributed by atoms with Crippen LogP contribution in [0.1, 0.15) is 70.5 Å². The van der Waals surface area contributed by atoms with Gasteiger partial charge in [-0.25, -0.2) is 4.39 Å². The lowest BCUT2D eigenvalue weighted by Gasteiger charge is -2.32. The van der Waals surface area contributed by atoms with E-state index < -0.39 is 0 Å². The molecule has 172 valence electrons. The largest absolute Gasteiger partial charge is 0.368 e. The molecule has 1 fully saturated rings. The van der Waals surface area contributed by atoms with Crippen molar-refractivity contribution in [3.05, 3.63) is 82.2 Å². The first kappa shape index (κ1) is 21.8. The molecule has 0 spiro atoms. The molecule has 1 aliphatic carbocycles. The second kappa shape index (κ2) is 9.83. The fourth-order valence-corrected chi connectivity index (χ4v) is 4.79. The lowest BCUT2D eigenvalue weighted by Crippen LogP contribution is -2.43.